The maximum Gasteiger partial charge on any atom is 0.272 e. The van der Waals surface area contributed by atoms with E-state index < -0.39 is 0 Å². The Labute approximate surface area is 168 Å². The lowest BCUT2D eigenvalue weighted by molar-refractivity contribution is -0.115. The summed E-state index contributed by atoms with van der Waals surface area (Å²) in [5, 5.41) is 10.1. The Hall–Kier alpha value is -4.00. The van der Waals surface area contributed by atoms with Gasteiger partial charge in [0, 0.05) is 35.2 Å². The second kappa shape index (κ2) is 9.80. The molecule has 0 aliphatic heterocycles. The molecule has 0 aliphatic rings. The Morgan fingerprint density at radius 3 is 2.28 bits per heavy atom. The van der Waals surface area contributed by atoms with Crippen LogP contribution in [0.4, 0.5) is 17.1 Å². The lowest BCUT2D eigenvalue weighted by Gasteiger charge is -2.09. The first-order valence-electron chi connectivity index (χ1n) is 9.06. The normalized spacial score (nSPS) is 10.9. The van der Waals surface area contributed by atoms with E-state index in [1.165, 1.54) is 6.20 Å². The molecule has 3 rings (SSSR count). The third-order valence-corrected chi connectivity index (χ3v) is 3.92. The topological polar surface area (TPSA) is 95.5 Å². The van der Waals surface area contributed by atoms with Crippen LogP contribution < -0.4 is 16.1 Å². The molecule has 0 saturated heterocycles. The predicted octanol–water partition coefficient (Wildman–Crippen LogP) is 3.96. The molecule has 1 aromatic heterocycles. The SMILES string of the molecule is C/C(CC(=O)Nc1ccc(Nc2ccccc2)cc1)=N/NC(=O)c1cccnc1. The molecule has 0 aliphatic carbocycles. The zero-order valence-electron chi connectivity index (χ0n) is 15.9. The molecule has 0 bridgehead atoms. The van der Waals surface area contributed by atoms with Crippen LogP contribution in [0.15, 0.2) is 84.2 Å². The van der Waals surface area contributed by atoms with Crippen LogP contribution in [0.5, 0.6) is 0 Å². The van der Waals surface area contributed by atoms with Gasteiger partial charge >= 0.3 is 0 Å². The lowest BCUT2D eigenvalue weighted by Crippen LogP contribution is -2.21. The van der Waals surface area contributed by atoms with Crippen molar-refractivity contribution in [2.75, 3.05) is 10.6 Å². The molecule has 29 heavy (non-hydrogen) atoms. The summed E-state index contributed by atoms with van der Waals surface area (Å²) in [5.41, 5.74) is 5.90. The van der Waals surface area contributed by atoms with Crippen LogP contribution in [-0.2, 0) is 4.79 Å². The molecule has 0 spiro atoms. The Morgan fingerprint density at radius 1 is 0.897 bits per heavy atom. The summed E-state index contributed by atoms with van der Waals surface area (Å²) >= 11 is 0. The molecule has 7 nitrogen and oxygen atoms in total. The number of rotatable bonds is 7. The predicted molar refractivity (Wildman–Crippen MR) is 114 cm³/mol. The molecule has 146 valence electrons. The fraction of sp³-hybridized carbons (Fsp3) is 0.0909. The summed E-state index contributed by atoms with van der Waals surface area (Å²) in [6.07, 6.45) is 3.10. The molecule has 1 heterocycles. The lowest BCUT2D eigenvalue weighted by atomic mass is 10.2. The highest BCUT2D eigenvalue weighted by Gasteiger charge is 2.07. The number of pyridine rings is 1. The van der Waals surface area contributed by atoms with Gasteiger partial charge in [-0.25, -0.2) is 5.43 Å². The highest BCUT2D eigenvalue weighted by atomic mass is 16.2. The van der Waals surface area contributed by atoms with Crippen LogP contribution >= 0.6 is 0 Å². The van der Waals surface area contributed by atoms with Crippen LogP contribution in [-0.4, -0.2) is 22.5 Å². The summed E-state index contributed by atoms with van der Waals surface area (Å²) < 4.78 is 0. The van der Waals surface area contributed by atoms with Gasteiger partial charge in [-0.2, -0.15) is 5.10 Å². The number of aromatic nitrogens is 1. The molecule has 2 amide bonds. The molecule has 3 N–H and O–H groups in total. The van der Waals surface area contributed by atoms with E-state index in [4.69, 9.17) is 0 Å². The van der Waals surface area contributed by atoms with Crippen LogP contribution in [0.25, 0.3) is 0 Å². The van der Waals surface area contributed by atoms with Gasteiger partial charge < -0.3 is 10.6 Å². The first kappa shape index (κ1) is 19.8. The summed E-state index contributed by atoms with van der Waals surface area (Å²) in [6.45, 7) is 1.68. The molecular weight excluding hydrogens is 366 g/mol. The number of hydrogen-bond donors (Lipinski definition) is 3. The van der Waals surface area contributed by atoms with Gasteiger partial charge in [-0.1, -0.05) is 18.2 Å². The molecule has 0 atom stereocenters. The summed E-state index contributed by atoms with van der Waals surface area (Å²) in [4.78, 5) is 28.0. The van der Waals surface area contributed by atoms with E-state index in [9.17, 15) is 9.59 Å². The van der Waals surface area contributed by atoms with Gasteiger partial charge in [0.25, 0.3) is 5.91 Å². The van der Waals surface area contributed by atoms with E-state index in [-0.39, 0.29) is 18.2 Å². The van der Waals surface area contributed by atoms with E-state index in [1.54, 1.807) is 25.3 Å². The second-order valence-corrected chi connectivity index (χ2v) is 6.32. The number of nitrogens with zero attached hydrogens (tertiary/aromatic N) is 2. The van der Waals surface area contributed by atoms with E-state index in [0.29, 0.717) is 17.0 Å². The number of carbonyl (C=O) groups excluding carboxylic acids is 2. The molecule has 7 heteroatoms. The van der Waals surface area contributed by atoms with Gasteiger partial charge in [-0.15, -0.1) is 0 Å². The van der Waals surface area contributed by atoms with Crippen LogP contribution in [0.3, 0.4) is 0 Å². The van der Waals surface area contributed by atoms with E-state index in [2.05, 4.69) is 26.1 Å². The van der Waals surface area contributed by atoms with E-state index >= 15 is 0 Å². The standard InChI is InChI=1S/C22H21N5O2/c1-16(26-27-22(29)17-6-5-13-23-15-17)14-21(28)25-20-11-9-19(10-12-20)24-18-7-3-2-4-8-18/h2-13,15,24H,14H2,1H3,(H,25,28)(H,27,29)/b26-16-. The Kier molecular flexibility index (Phi) is 6.67. The van der Waals surface area contributed by atoms with E-state index in [0.717, 1.165) is 11.4 Å². The van der Waals surface area contributed by atoms with Crippen molar-refractivity contribution >= 4 is 34.6 Å². The van der Waals surface area contributed by atoms with Crippen molar-refractivity contribution in [2.45, 2.75) is 13.3 Å². The second-order valence-electron chi connectivity index (χ2n) is 6.32. The van der Waals surface area contributed by atoms with Gasteiger partial charge in [0.1, 0.15) is 0 Å². The van der Waals surface area contributed by atoms with Crippen molar-refractivity contribution in [1.29, 1.82) is 0 Å². The third-order valence-electron chi connectivity index (χ3n) is 3.92. The highest BCUT2D eigenvalue weighted by Crippen LogP contribution is 2.18. The van der Waals surface area contributed by atoms with Gasteiger partial charge in [-0.3, -0.25) is 14.6 Å². The van der Waals surface area contributed by atoms with Gasteiger partial charge in [0.05, 0.1) is 12.0 Å². The zero-order valence-corrected chi connectivity index (χ0v) is 15.9. The fourth-order valence-corrected chi connectivity index (χ4v) is 2.51. The number of amides is 2. The van der Waals surface area contributed by atoms with Gasteiger partial charge in [0.15, 0.2) is 0 Å². The van der Waals surface area contributed by atoms with Crippen molar-refractivity contribution < 1.29 is 9.59 Å². The average Bonchev–Trinajstić information content (AvgIpc) is 2.75. The Balaban J connectivity index is 1.49. The molecule has 2 aromatic carbocycles. The van der Waals surface area contributed by atoms with Crippen molar-refractivity contribution in [1.82, 2.24) is 10.4 Å². The van der Waals surface area contributed by atoms with Gasteiger partial charge in [-0.05, 0) is 55.5 Å². The smallest absolute Gasteiger partial charge is 0.272 e. The molecule has 0 saturated carbocycles. The number of nitrogens with one attached hydrogen (secondary N) is 3. The van der Waals surface area contributed by atoms with Crippen LogP contribution in [0.2, 0.25) is 0 Å². The largest absolute Gasteiger partial charge is 0.356 e. The third kappa shape index (κ3) is 6.28. The van der Waals surface area contributed by atoms with Crippen LogP contribution in [0.1, 0.15) is 23.7 Å². The maximum absolute atomic E-state index is 12.2. The molecule has 0 unspecified atom stereocenters. The minimum atomic E-state index is -0.376. The van der Waals surface area contributed by atoms with Crippen molar-refractivity contribution in [2.24, 2.45) is 5.10 Å². The maximum atomic E-state index is 12.2. The fourth-order valence-electron chi connectivity index (χ4n) is 2.51. The van der Waals surface area contributed by atoms with Crippen LogP contribution in [0, 0.1) is 0 Å². The average molecular weight is 387 g/mol. The molecule has 0 radical (unpaired) electrons. The molecular formula is C22H21N5O2. The first-order valence-corrected chi connectivity index (χ1v) is 9.06. The number of hydrazone groups is 1. The first-order chi connectivity index (χ1) is 14.1. The number of hydrogen-bond acceptors (Lipinski definition) is 5. The minimum absolute atomic E-state index is 0.0668. The highest BCUT2D eigenvalue weighted by molar-refractivity contribution is 6.06. The Morgan fingerprint density at radius 2 is 1.59 bits per heavy atom. The Bertz CT molecular complexity index is 987. The summed E-state index contributed by atoms with van der Waals surface area (Å²) in [7, 11) is 0. The quantitative estimate of drug-likeness (QED) is 0.422. The number of carbonyl (C=O) groups is 2. The van der Waals surface area contributed by atoms with Crippen molar-refractivity contribution in [3.63, 3.8) is 0 Å². The molecule has 0 fully saturated rings. The monoisotopic (exact) mass is 387 g/mol. The molecule has 3 aromatic rings. The summed E-state index contributed by atoms with van der Waals surface area (Å²) in [5.74, 6) is -0.593. The van der Waals surface area contributed by atoms with Crippen molar-refractivity contribution in [3.05, 3.63) is 84.7 Å². The van der Waals surface area contributed by atoms with Gasteiger partial charge in [0.2, 0.25) is 5.91 Å². The number of para-hydroxylation sites is 1. The zero-order chi connectivity index (χ0) is 20.5. The number of anilines is 3. The number of benzene rings is 2. The summed E-state index contributed by atoms with van der Waals surface area (Å²) in [6, 6.07) is 20.5. The minimum Gasteiger partial charge on any atom is -0.356 e. The van der Waals surface area contributed by atoms with E-state index in [1.807, 2.05) is 54.6 Å². The van der Waals surface area contributed by atoms with Crippen molar-refractivity contribution in [3.8, 4) is 0 Å².